The zero-order valence-corrected chi connectivity index (χ0v) is 10.9. The summed E-state index contributed by atoms with van der Waals surface area (Å²) in [5.74, 6) is 0. The Hall–Kier alpha value is -1.26. The third-order valence-corrected chi connectivity index (χ3v) is 3.46. The second kappa shape index (κ2) is 6.07. The van der Waals surface area contributed by atoms with Crippen LogP contribution in [0.15, 0.2) is 24.3 Å². The van der Waals surface area contributed by atoms with Crippen molar-refractivity contribution in [2.45, 2.75) is 25.4 Å². The fourth-order valence-corrected chi connectivity index (χ4v) is 2.30. The Balaban J connectivity index is 1.86. The minimum atomic E-state index is -0.110. The minimum absolute atomic E-state index is 0.0322. The molecular weight excluding hydrogens is 252 g/mol. The first kappa shape index (κ1) is 13.2. The molecule has 0 aromatic heterocycles. The number of nitrogens with zero attached hydrogens (tertiary/aromatic N) is 1. The maximum Gasteiger partial charge on any atom is 0.317 e. The van der Waals surface area contributed by atoms with Crippen molar-refractivity contribution in [3.8, 4) is 0 Å². The standard InChI is InChI=1S/C13H17ClN2O2/c14-11-5-3-10(4-6-11)8-15-13(18)16-7-1-2-12(16)9-17/h3-6,12,17H,1-2,7-9H2,(H,15,18)/t12-/m0/s1. The molecule has 1 saturated heterocycles. The van der Waals surface area contributed by atoms with E-state index in [1.165, 1.54) is 0 Å². The predicted octanol–water partition coefficient (Wildman–Crippen LogP) is 2.01. The van der Waals surface area contributed by atoms with Crippen molar-refractivity contribution in [2.24, 2.45) is 0 Å². The molecule has 0 unspecified atom stereocenters. The summed E-state index contributed by atoms with van der Waals surface area (Å²) in [6, 6.07) is 7.23. The first-order valence-electron chi connectivity index (χ1n) is 6.10. The maximum atomic E-state index is 11.9. The largest absolute Gasteiger partial charge is 0.394 e. The first-order valence-corrected chi connectivity index (χ1v) is 6.48. The van der Waals surface area contributed by atoms with E-state index in [0.717, 1.165) is 24.9 Å². The van der Waals surface area contributed by atoms with E-state index in [4.69, 9.17) is 16.7 Å². The van der Waals surface area contributed by atoms with Gasteiger partial charge >= 0.3 is 6.03 Å². The highest BCUT2D eigenvalue weighted by Gasteiger charge is 2.27. The van der Waals surface area contributed by atoms with Crippen LogP contribution in [-0.4, -0.2) is 35.2 Å². The zero-order chi connectivity index (χ0) is 13.0. The summed E-state index contributed by atoms with van der Waals surface area (Å²) < 4.78 is 0. The molecule has 18 heavy (non-hydrogen) atoms. The van der Waals surface area contributed by atoms with Gasteiger partial charge in [0.2, 0.25) is 0 Å². The Kier molecular flexibility index (Phi) is 4.44. The number of hydrogen-bond acceptors (Lipinski definition) is 2. The fourth-order valence-electron chi connectivity index (χ4n) is 2.17. The molecule has 1 atom stereocenters. The van der Waals surface area contributed by atoms with Gasteiger partial charge in [-0.05, 0) is 30.5 Å². The number of likely N-dealkylation sites (tertiary alicyclic amines) is 1. The third-order valence-electron chi connectivity index (χ3n) is 3.21. The van der Waals surface area contributed by atoms with E-state index >= 15 is 0 Å². The highest BCUT2D eigenvalue weighted by Crippen LogP contribution is 2.16. The lowest BCUT2D eigenvalue weighted by atomic mass is 10.2. The van der Waals surface area contributed by atoms with Gasteiger partial charge in [-0.25, -0.2) is 4.79 Å². The molecule has 98 valence electrons. The van der Waals surface area contributed by atoms with Crippen LogP contribution in [0, 0.1) is 0 Å². The monoisotopic (exact) mass is 268 g/mol. The number of halogens is 1. The molecule has 2 N–H and O–H groups in total. The van der Waals surface area contributed by atoms with Crippen molar-refractivity contribution >= 4 is 17.6 Å². The molecule has 0 aliphatic carbocycles. The van der Waals surface area contributed by atoms with Gasteiger partial charge in [-0.15, -0.1) is 0 Å². The number of amides is 2. The Labute approximate surface area is 112 Å². The fraction of sp³-hybridized carbons (Fsp3) is 0.462. The van der Waals surface area contributed by atoms with Crippen molar-refractivity contribution in [3.05, 3.63) is 34.9 Å². The van der Waals surface area contributed by atoms with Gasteiger partial charge in [0.1, 0.15) is 0 Å². The summed E-state index contributed by atoms with van der Waals surface area (Å²) in [5.41, 5.74) is 1.01. The SMILES string of the molecule is O=C(NCc1ccc(Cl)cc1)N1CCC[C@H]1CO. The van der Waals surface area contributed by atoms with Crippen LogP contribution in [0.4, 0.5) is 4.79 Å². The molecule has 1 aromatic rings. The van der Waals surface area contributed by atoms with Crippen LogP contribution >= 0.6 is 11.6 Å². The van der Waals surface area contributed by atoms with Gasteiger partial charge < -0.3 is 15.3 Å². The van der Waals surface area contributed by atoms with Crippen molar-refractivity contribution in [2.75, 3.05) is 13.2 Å². The number of carbonyl (C=O) groups is 1. The molecule has 0 saturated carbocycles. The summed E-state index contributed by atoms with van der Waals surface area (Å²) in [6.45, 7) is 1.23. The number of urea groups is 1. The van der Waals surface area contributed by atoms with Gasteiger partial charge in [-0.1, -0.05) is 23.7 Å². The Bertz CT molecular complexity index is 408. The van der Waals surface area contributed by atoms with Gasteiger partial charge in [-0.3, -0.25) is 0 Å². The summed E-state index contributed by atoms with van der Waals surface area (Å²) in [6.07, 6.45) is 1.84. The Morgan fingerprint density at radius 2 is 2.17 bits per heavy atom. The summed E-state index contributed by atoms with van der Waals surface area (Å²) in [7, 11) is 0. The molecule has 1 fully saturated rings. The zero-order valence-electron chi connectivity index (χ0n) is 10.1. The lowest BCUT2D eigenvalue weighted by Crippen LogP contribution is -2.43. The van der Waals surface area contributed by atoms with Crippen LogP contribution in [0.2, 0.25) is 5.02 Å². The van der Waals surface area contributed by atoms with Crippen molar-refractivity contribution in [3.63, 3.8) is 0 Å². The Morgan fingerprint density at radius 3 is 2.83 bits per heavy atom. The molecule has 0 spiro atoms. The average molecular weight is 269 g/mol. The summed E-state index contributed by atoms with van der Waals surface area (Å²) in [5, 5.41) is 12.7. The number of hydrogen-bond donors (Lipinski definition) is 2. The molecule has 5 heteroatoms. The van der Waals surface area contributed by atoms with E-state index in [9.17, 15) is 4.79 Å². The van der Waals surface area contributed by atoms with E-state index < -0.39 is 0 Å². The van der Waals surface area contributed by atoms with Crippen molar-refractivity contribution < 1.29 is 9.90 Å². The van der Waals surface area contributed by atoms with Crippen LogP contribution in [-0.2, 0) is 6.54 Å². The van der Waals surface area contributed by atoms with E-state index in [-0.39, 0.29) is 18.7 Å². The van der Waals surface area contributed by atoms with Crippen LogP contribution in [0.5, 0.6) is 0 Å². The molecular formula is C13H17ClN2O2. The van der Waals surface area contributed by atoms with E-state index in [1.807, 2.05) is 12.1 Å². The molecule has 0 radical (unpaired) electrons. The van der Waals surface area contributed by atoms with Crippen LogP contribution < -0.4 is 5.32 Å². The van der Waals surface area contributed by atoms with Crippen LogP contribution in [0.1, 0.15) is 18.4 Å². The van der Waals surface area contributed by atoms with Crippen LogP contribution in [0.3, 0.4) is 0 Å². The molecule has 1 aliphatic heterocycles. The number of benzene rings is 1. The molecule has 2 amide bonds. The summed E-state index contributed by atoms with van der Waals surface area (Å²) in [4.78, 5) is 13.6. The molecule has 2 rings (SSSR count). The maximum absolute atomic E-state index is 11.9. The molecule has 1 aromatic carbocycles. The lowest BCUT2D eigenvalue weighted by molar-refractivity contribution is 0.157. The minimum Gasteiger partial charge on any atom is -0.394 e. The highest BCUT2D eigenvalue weighted by molar-refractivity contribution is 6.30. The van der Waals surface area contributed by atoms with Crippen molar-refractivity contribution in [1.29, 1.82) is 0 Å². The number of aliphatic hydroxyl groups is 1. The van der Waals surface area contributed by atoms with Gasteiger partial charge in [-0.2, -0.15) is 0 Å². The van der Waals surface area contributed by atoms with E-state index in [0.29, 0.717) is 11.6 Å². The number of carbonyl (C=O) groups excluding carboxylic acids is 1. The number of rotatable bonds is 3. The van der Waals surface area contributed by atoms with Gasteiger partial charge in [0.25, 0.3) is 0 Å². The smallest absolute Gasteiger partial charge is 0.317 e. The highest BCUT2D eigenvalue weighted by atomic mass is 35.5. The lowest BCUT2D eigenvalue weighted by Gasteiger charge is -2.23. The molecule has 0 bridgehead atoms. The Morgan fingerprint density at radius 1 is 1.44 bits per heavy atom. The predicted molar refractivity (Wildman–Crippen MR) is 70.5 cm³/mol. The van der Waals surface area contributed by atoms with Crippen molar-refractivity contribution in [1.82, 2.24) is 10.2 Å². The normalized spacial score (nSPS) is 19.0. The van der Waals surface area contributed by atoms with Gasteiger partial charge in [0.05, 0.1) is 12.6 Å². The first-order chi connectivity index (χ1) is 8.70. The molecule has 4 nitrogen and oxygen atoms in total. The van der Waals surface area contributed by atoms with Gasteiger partial charge in [0.15, 0.2) is 0 Å². The quantitative estimate of drug-likeness (QED) is 0.881. The van der Waals surface area contributed by atoms with Gasteiger partial charge in [0, 0.05) is 18.1 Å². The molecule has 1 aliphatic rings. The second-order valence-corrected chi connectivity index (χ2v) is 4.89. The third kappa shape index (κ3) is 3.15. The molecule has 1 heterocycles. The average Bonchev–Trinajstić information content (AvgIpc) is 2.86. The number of nitrogens with one attached hydrogen (secondary N) is 1. The topological polar surface area (TPSA) is 52.6 Å². The van der Waals surface area contributed by atoms with E-state index in [2.05, 4.69) is 5.32 Å². The number of aliphatic hydroxyl groups excluding tert-OH is 1. The van der Waals surface area contributed by atoms with E-state index in [1.54, 1.807) is 17.0 Å². The van der Waals surface area contributed by atoms with Crippen LogP contribution in [0.25, 0.3) is 0 Å². The second-order valence-electron chi connectivity index (χ2n) is 4.46. The summed E-state index contributed by atoms with van der Waals surface area (Å²) >= 11 is 5.79.